The van der Waals surface area contributed by atoms with Crippen molar-refractivity contribution >= 4 is 5.91 Å². The summed E-state index contributed by atoms with van der Waals surface area (Å²) in [6.45, 7) is 15.6. The summed E-state index contributed by atoms with van der Waals surface area (Å²) in [6.07, 6.45) is 1.22. The fourth-order valence-electron chi connectivity index (χ4n) is 3.78. The van der Waals surface area contributed by atoms with Crippen LogP contribution in [0.3, 0.4) is 0 Å². The Labute approximate surface area is 151 Å². The normalized spacial score (nSPS) is 23.0. The third-order valence-corrected chi connectivity index (χ3v) is 4.69. The van der Waals surface area contributed by atoms with Crippen LogP contribution >= 0.6 is 0 Å². The van der Waals surface area contributed by atoms with Gasteiger partial charge in [0.15, 0.2) is 0 Å². The van der Waals surface area contributed by atoms with E-state index >= 15 is 0 Å². The summed E-state index contributed by atoms with van der Waals surface area (Å²) >= 11 is 0. The van der Waals surface area contributed by atoms with E-state index in [1.54, 1.807) is 0 Å². The number of morpholine rings is 1. The molecule has 0 aliphatic carbocycles. The lowest BCUT2D eigenvalue weighted by atomic mass is 9.99. The molecule has 1 aromatic heterocycles. The predicted octanol–water partition coefficient (Wildman–Crippen LogP) is 2.14. The second-order valence-corrected chi connectivity index (χ2v) is 7.69. The van der Waals surface area contributed by atoms with Crippen molar-refractivity contribution in [2.45, 2.75) is 72.8 Å². The zero-order chi connectivity index (χ0) is 18.6. The van der Waals surface area contributed by atoms with Gasteiger partial charge in [-0.05, 0) is 46.1 Å². The van der Waals surface area contributed by atoms with Gasteiger partial charge in [-0.1, -0.05) is 13.8 Å². The number of carbonyl (C=O) groups is 1. The number of amides is 1. The number of ether oxygens (including phenoxy) is 1. The van der Waals surface area contributed by atoms with Crippen LogP contribution in [0, 0.1) is 19.8 Å². The van der Waals surface area contributed by atoms with Gasteiger partial charge < -0.3 is 10.1 Å². The van der Waals surface area contributed by atoms with Crippen molar-refractivity contribution in [1.29, 1.82) is 0 Å². The third kappa shape index (κ3) is 5.54. The minimum Gasteiger partial charge on any atom is -0.373 e. The Morgan fingerprint density at radius 2 is 1.96 bits per heavy atom. The van der Waals surface area contributed by atoms with Crippen LogP contribution in [0.15, 0.2) is 6.07 Å². The lowest BCUT2D eigenvalue weighted by Gasteiger charge is -2.41. The number of nitrogens with zero attached hydrogens (tertiary/aromatic N) is 3. The number of carbonyl (C=O) groups excluding carboxylic acids is 1. The standard InChI is InChI=1S/C19H34N4O2/c1-13(2)18(22-11-16(5)25-17(6)12-22)19(24)20-8-7-9-23-15(4)10-14(3)21-23/h10,13,16-18H,7-9,11-12H2,1-6H3,(H,20,24)/t16-,17+,18-/m0/s1. The van der Waals surface area contributed by atoms with Gasteiger partial charge in [0.1, 0.15) is 0 Å². The number of rotatable bonds is 7. The lowest BCUT2D eigenvalue weighted by Crippen LogP contribution is -2.57. The fourth-order valence-corrected chi connectivity index (χ4v) is 3.78. The van der Waals surface area contributed by atoms with Gasteiger partial charge in [0.2, 0.25) is 5.91 Å². The summed E-state index contributed by atoms with van der Waals surface area (Å²) in [5, 5.41) is 7.59. The SMILES string of the molecule is Cc1cc(C)n(CCCNC(=O)[C@H](C(C)C)N2C[C@@H](C)O[C@@H](C)C2)n1. The fraction of sp³-hybridized carbons (Fsp3) is 0.789. The van der Waals surface area contributed by atoms with Gasteiger partial charge in [-0.2, -0.15) is 5.10 Å². The van der Waals surface area contributed by atoms with E-state index in [9.17, 15) is 4.79 Å². The molecule has 1 aromatic rings. The van der Waals surface area contributed by atoms with E-state index in [-0.39, 0.29) is 30.1 Å². The molecule has 0 unspecified atom stereocenters. The molecule has 2 heterocycles. The summed E-state index contributed by atoms with van der Waals surface area (Å²) in [4.78, 5) is 15.0. The van der Waals surface area contributed by atoms with Gasteiger partial charge in [-0.3, -0.25) is 14.4 Å². The van der Waals surface area contributed by atoms with E-state index in [0.29, 0.717) is 6.54 Å². The first-order valence-corrected chi connectivity index (χ1v) is 9.46. The van der Waals surface area contributed by atoms with Gasteiger partial charge >= 0.3 is 0 Å². The van der Waals surface area contributed by atoms with Gasteiger partial charge in [-0.15, -0.1) is 0 Å². The van der Waals surface area contributed by atoms with Crippen molar-refractivity contribution in [3.8, 4) is 0 Å². The van der Waals surface area contributed by atoms with E-state index in [4.69, 9.17) is 4.74 Å². The van der Waals surface area contributed by atoms with Crippen LogP contribution in [-0.4, -0.2) is 58.5 Å². The molecule has 3 atom stereocenters. The molecule has 1 aliphatic heterocycles. The minimum atomic E-state index is -0.0949. The Morgan fingerprint density at radius 3 is 2.48 bits per heavy atom. The molecule has 1 fully saturated rings. The monoisotopic (exact) mass is 350 g/mol. The molecule has 1 saturated heterocycles. The first-order chi connectivity index (χ1) is 11.8. The van der Waals surface area contributed by atoms with Crippen LogP contribution in [0.1, 0.15) is 45.5 Å². The second-order valence-electron chi connectivity index (χ2n) is 7.69. The van der Waals surface area contributed by atoms with Crippen LogP contribution in [0.5, 0.6) is 0 Å². The smallest absolute Gasteiger partial charge is 0.237 e. The maximum absolute atomic E-state index is 12.8. The van der Waals surface area contributed by atoms with Crippen molar-refractivity contribution in [3.63, 3.8) is 0 Å². The third-order valence-electron chi connectivity index (χ3n) is 4.69. The van der Waals surface area contributed by atoms with Crippen LogP contribution in [-0.2, 0) is 16.1 Å². The Morgan fingerprint density at radius 1 is 1.32 bits per heavy atom. The molecule has 1 amide bonds. The molecule has 142 valence electrons. The largest absolute Gasteiger partial charge is 0.373 e. The Balaban J connectivity index is 1.84. The van der Waals surface area contributed by atoms with E-state index in [0.717, 1.165) is 31.7 Å². The molecule has 6 heteroatoms. The molecule has 1 N–H and O–H groups in total. The number of aryl methyl sites for hydroxylation is 3. The van der Waals surface area contributed by atoms with Crippen molar-refractivity contribution in [2.24, 2.45) is 5.92 Å². The van der Waals surface area contributed by atoms with Crippen LogP contribution in [0.25, 0.3) is 0 Å². The average Bonchev–Trinajstić information content (AvgIpc) is 2.80. The highest BCUT2D eigenvalue weighted by Gasteiger charge is 2.33. The van der Waals surface area contributed by atoms with E-state index in [2.05, 4.69) is 56.0 Å². The molecular weight excluding hydrogens is 316 g/mol. The first kappa shape index (κ1) is 19.9. The summed E-state index contributed by atoms with van der Waals surface area (Å²) < 4.78 is 7.81. The van der Waals surface area contributed by atoms with Crippen molar-refractivity contribution < 1.29 is 9.53 Å². The highest BCUT2D eigenvalue weighted by Crippen LogP contribution is 2.18. The lowest BCUT2D eigenvalue weighted by molar-refractivity contribution is -0.135. The maximum Gasteiger partial charge on any atom is 0.237 e. The molecule has 2 rings (SSSR count). The number of nitrogens with one attached hydrogen (secondary N) is 1. The number of aromatic nitrogens is 2. The zero-order valence-electron chi connectivity index (χ0n) is 16.6. The average molecular weight is 351 g/mol. The van der Waals surface area contributed by atoms with Gasteiger partial charge in [0, 0.05) is 31.9 Å². The van der Waals surface area contributed by atoms with Crippen molar-refractivity contribution in [1.82, 2.24) is 20.0 Å². The Hall–Kier alpha value is -1.40. The molecule has 0 saturated carbocycles. The quantitative estimate of drug-likeness (QED) is 0.766. The molecule has 25 heavy (non-hydrogen) atoms. The van der Waals surface area contributed by atoms with E-state index in [1.807, 2.05) is 11.6 Å². The second kappa shape index (κ2) is 8.81. The highest BCUT2D eigenvalue weighted by atomic mass is 16.5. The molecule has 0 radical (unpaired) electrons. The maximum atomic E-state index is 12.8. The highest BCUT2D eigenvalue weighted by molar-refractivity contribution is 5.82. The molecule has 1 aliphatic rings. The number of hydrogen-bond acceptors (Lipinski definition) is 4. The number of hydrogen-bond donors (Lipinski definition) is 1. The Bertz CT molecular complexity index is 560. The van der Waals surface area contributed by atoms with Crippen molar-refractivity contribution in [3.05, 3.63) is 17.5 Å². The zero-order valence-corrected chi connectivity index (χ0v) is 16.6. The van der Waals surface area contributed by atoms with Crippen LogP contribution in [0.4, 0.5) is 0 Å². The Kier molecular flexibility index (Phi) is 7.02. The van der Waals surface area contributed by atoms with E-state index in [1.165, 1.54) is 5.69 Å². The molecule has 0 aromatic carbocycles. The molecule has 0 bridgehead atoms. The minimum absolute atomic E-state index is 0.0949. The van der Waals surface area contributed by atoms with Crippen molar-refractivity contribution in [2.75, 3.05) is 19.6 Å². The van der Waals surface area contributed by atoms with Gasteiger partial charge in [-0.25, -0.2) is 0 Å². The summed E-state index contributed by atoms with van der Waals surface area (Å²) in [6, 6.07) is 1.98. The summed E-state index contributed by atoms with van der Waals surface area (Å²) in [5.41, 5.74) is 2.21. The van der Waals surface area contributed by atoms with Crippen LogP contribution < -0.4 is 5.32 Å². The summed E-state index contributed by atoms with van der Waals surface area (Å²) in [5.74, 6) is 0.401. The topological polar surface area (TPSA) is 59.4 Å². The summed E-state index contributed by atoms with van der Waals surface area (Å²) in [7, 11) is 0. The molecule has 6 nitrogen and oxygen atoms in total. The van der Waals surface area contributed by atoms with E-state index < -0.39 is 0 Å². The first-order valence-electron chi connectivity index (χ1n) is 9.46. The molecule has 0 spiro atoms. The van der Waals surface area contributed by atoms with Gasteiger partial charge in [0.25, 0.3) is 0 Å². The predicted molar refractivity (Wildman–Crippen MR) is 99.5 cm³/mol. The van der Waals surface area contributed by atoms with Crippen LogP contribution in [0.2, 0.25) is 0 Å². The van der Waals surface area contributed by atoms with Gasteiger partial charge in [0.05, 0.1) is 23.9 Å². The molecular formula is C19H34N4O2.